The van der Waals surface area contributed by atoms with Gasteiger partial charge in [-0.3, -0.25) is 0 Å². The highest BCUT2D eigenvalue weighted by Crippen LogP contribution is 2.29. The Morgan fingerprint density at radius 1 is 1.00 bits per heavy atom. The van der Waals surface area contributed by atoms with Crippen molar-refractivity contribution in [2.24, 2.45) is 0 Å². The third-order valence-corrected chi connectivity index (χ3v) is 1.20. The minimum atomic E-state index is -6.42. The Bertz CT molecular complexity index is 76.2. The topological polar surface area (TPSA) is 0 Å². The molecule has 0 rings (SSSR count). The third kappa shape index (κ3) is 7.80. The summed E-state index contributed by atoms with van der Waals surface area (Å²) < 4.78 is 65.5. The number of hydrogen-bond acceptors (Lipinski definition) is 0. The number of hydrogen-bond donors (Lipinski definition) is 0. The molecule has 9 heavy (non-hydrogen) atoms. The lowest BCUT2D eigenvalue weighted by Gasteiger charge is -2.05. The molecule has 0 radical (unpaired) electrons. The van der Waals surface area contributed by atoms with Crippen LogP contribution in [0.3, 0.4) is 0 Å². The second-order valence-corrected chi connectivity index (χ2v) is 2.99. The van der Waals surface area contributed by atoms with Crippen LogP contribution in [0.4, 0.5) is 25.5 Å². The SMILES string of the molecule is FC(F)(F)C[Si](F)(F)F. The molecular weight excluding hydrogens is 166 g/mol. The van der Waals surface area contributed by atoms with E-state index in [1.54, 1.807) is 0 Å². The van der Waals surface area contributed by atoms with Gasteiger partial charge in [-0.1, -0.05) is 0 Å². The summed E-state index contributed by atoms with van der Waals surface area (Å²) in [5.74, 6) is 0. The summed E-state index contributed by atoms with van der Waals surface area (Å²) >= 11 is 0. The first-order chi connectivity index (χ1) is 3.71. The van der Waals surface area contributed by atoms with Gasteiger partial charge in [0.25, 0.3) is 0 Å². The molecule has 0 unspecified atom stereocenters. The summed E-state index contributed by atoms with van der Waals surface area (Å²) in [4.78, 5) is 0. The molecule has 56 valence electrons. The second kappa shape index (κ2) is 2.20. The highest BCUT2D eigenvalue weighted by Gasteiger charge is 2.49. The van der Waals surface area contributed by atoms with E-state index in [2.05, 4.69) is 0 Å². The van der Waals surface area contributed by atoms with E-state index >= 15 is 0 Å². The van der Waals surface area contributed by atoms with Gasteiger partial charge in [0.15, 0.2) is 0 Å². The Morgan fingerprint density at radius 2 is 1.33 bits per heavy atom. The maximum absolute atomic E-state index is 11.0. The number of rotatable bonds is 1. The van der Waals surface area contributed by atoms with Gasteiger partial charge in [-0.2, -0.15) is 13.2 Å². The lowest BCUT2D eigenvalue weighted by atomic mass is 10.8. The molecule has 0 aromatic carbocycles. The van der Waals surface area contributed by atoms with Crippen molar-refractivity contribution < 1.29 is 25.5 Å². The summed E-state index contributed by atoms with van der Waals surface area (Å²) in [7, 11) is -6.42. The van der Waals surface area contributed by atoms with Crippen LogP contribution in [0, 0.1) is 0 Å². The molecule has 0 bridgehead atoms. The highest BCUT2D eigenvalue weighted by atomic mass is 28.5. The maximum atomic E-state index is 11.0. The molecule has 0 amide bonds. The first-order valence-corrected chi connectivity index (χ1v) is 3.68. The van der Waals surface area contributed by atoms with Gasteiger partial charge in [0.2, 0.25) is 0 Å². The smallest absolute Gasteiger partial charge is 0.237 e. The quantitative estimate of drug-likeness (QED) is 0.320. The van der Waals surface area contributed by atoms with Crippen molar-refractivity contribution >= 4 is 9.08 Å². The molecule has 0 saturated heterocycles. The van der Waals surface area contributed by atoms with Crippen molar-refractivity contribution in [3.8, 4) is 0 Å². The maximum Gasteiger partial charge on any atom is 0.625 e. The first kappa shape index (κ1) is 8.80. The van der Waals surface area contributed by atoms with Gasteiger partial charge in [0.1, 0.15) is 6.04 Å². The fraction of sp³-hybridized carbons (Fsp3) is 1.00. The fourth-order valence-corrected chi connectivity index (χ4v) is 0.682. The monoisotopic (exact) mass is 168 g/mol. The Balaban J connectivity index is 3.75. The summed E-state index contributed by atoms with van der Waals surface area (Å²) in [6.07, 6.45) is -5.08. The van der Waals surface area contributed by atoms with E-state index in [0.29, 0.717) is 0 Å². The van der Waals surface area contributed by atoms with Crippen molar-refractivity contribution in [2.45, 2.75) is 12.2 Å². The molecule has 0 aliphatic rings. The van der Waals surface area contributed by atoms with Gasteiger partial charge < -0.3 is 0 Å². The van der Waals surface area contributed by atoms with Gasteiger partial charge in [-0.05, 0) is 0 Å². The summed E-state index contributed by atoms with van der Waals surface area (Å²) in [6, 6.07) is -2.57. The first-order valence-electron chi connectivity index (χ1n) is 1.84. The van der Waals surface area contributed by atoms with Crippen molar-refractivity contribution in [1.29, 1.82) is 0 Å². The molecule has 7 heteroatoms. The van der Waals surface area contributed by atoms with Crippen molar-refractivity contribution in [1.82, 2.24) is 0 Å². The van der Waals surface area contributed by atoms with Crippen molar-refractivity contribution in [3.05, 3.63) is 0 Å². The average molecular weight is 168 g/mol. The van der Waals surface area contributed by atoms with Crippen LogP contribution in [0.15, 0.2) is 0 Å². The molecule has 0 saturated carbocycles. The standard InChI is InChI=1S/C2H2F6Si/c3-2(4,5)1-9(6,7)8/h1H2. The Hall–Kier alpha value is -0.203. The summed E-state index contributed by atoms with van der Waals surface area (Å²) in [5.41, 5.74) is 0. The van der Waals surface area contributed by atoms with Crippen LogP contribution in [0.1, 0.15) is 0 Å². The zero-order chi connectivity index (χ0) is 7.71. The van der Waals surface area contributed by atoms with Crippen LogP contribution in [0.25, 0.3) is 0 Å². The molecule has 0 heterocycles. The minimum Gasteiger partial charge on any atom is -0.237 e. The minimum absolute atomic E-state index is 2.57. The van der Waals surface area contributed by atoms with Crippen LogP contribution in [-0.2, 0) is 0 Å². The lowest BCUT2D eigenvalue weighted by molar-refractivity contribution is -0.114. The molecule has 0 fully saturated rings. The number of halogens is 6. The predicted octanol–water partition coefficient (Wildman–Crippen LogP) is 2.40. The van der Waals surface area contributed by atoms with E-state index in [4.69, 9.17) is 0 Å². The van der Waals surface area contributed by atoms with E-state index < -0.39 is 21.3 Å². The van der Waals surface area contributed by atoms with Crippen molar-refractivity contribution in [3.63, 3.8) is 0 Å². The van der Waals surface area contributed by atoms with E-state index in [9.17, 15) is 25.5 Å². The molecule has 0 N–H and O–H groups in total. The van der Waals surface area contributed by atoms with E-state index in [0.717, 1.165) is 0 Å². The zero-order valence-electron chi connectivity index (χ0n) is 3.97. The molecule has 0 spiro atoms. The molecule has 0 aliphatic heterocycles. The normalized spacial score (nSPS) is 14.0. The summed E-state index contributed by atoms with van der Waals surface area (Å²) in [6.45, 7) is 0. The van der Waals surface area contributed by atoms with Crippen molar-refractivity contribution in [2.75, 3.05) is 0 Å². The Kier molecular flexibility index (Phi) is 2.15. The van der Waals surface area contributed by atoms with E-state index in [1.807, 2.05) is 0 Å². The molecule has 0 aromatic heterocycles. The largest absolute Gasteiger partial charge is 0.625 e. The number of alkyl halides is 3. The lowest BCUT2D eigenvalue weighted by Crippen LogP contribution is -2.24. The van der Waals surface area contributed by atoms with Crippen LogP contribution in [0.2, 0.25) is 6.04 Å². The van der Waals surface area contributed by atoms with Gasteiger partial charge in [-0.15, -0.1) is 0 Å². The highest BCUT2D eigenvalue weighted by molar-refractivity contribution is 6.58. The molecule has 0 nitrogen and oxygen atoms in total. The fourth-order valence-electron chi connectivity index (χ4n) is 0.227. The van der Waals surface area contributed by atoms with Gasteiger partial charge >= 0.3 is 15.3 Å². The zero-order valence-corrected chi connectivity index (χ0v) is 4.97. The van der Waals surface area contributed by atoms with Gasteiger partial charge in [0.05, 0.1) is 0 Å². The Morgan fingerprint density at radius 3 is 1.33 bits per heavy atom. The molecule has 0 aromatic rings. The van der Waals surface area contributed by atoms with Crippen LogP contribution in [-0.4, -0.2) is 15.3 Å². The van der Waals surface area contributed by atoms with E-state index in [-0.39, 0.29) is 0 Å². The summed E-state index contributed by atoms with van der Waals surface area (Å²) in [5, 5.41) is 0. The third-order valence-electron chi connectivity index (χ3n) is 0.401. The predicted molar refractivity (Wildman–Crippen MR) is 19.9 cm³/mol. The Labute approximate surface area is 48.0 Å². The van der Waals surface area contributed by atoms with Crippen LogP contribution in [0.5, 0.6) is 0 Å². The van der Waals surface area contributed by atoms with Crippen LogP contribution >= 0.6 is 0 Å². The second-order valence-electron chi connectivity index (χ2n) is 1.41. The van der Waals surface area contributed by atoms with E-state index in [1.165, 1.54) is 0 Å². The molecule has 0 atom stereocenters. The molecular formula is C2H2F6Si. The van der Waals surface area contributed by atoms with Gasteiger partial charge in [-0.25, -0.2) is 12.3 Å². The average Bonchev–Trinajstić information content (AvgIpc) is 1.14. The van der Waals surface area contributed by atoms with Crippen LogP contribution < -0.4 is 0 Å². The van der Waals surface area contributed by atoms with Gasteiger partial charge in [0, 0.05) is 0 Å². The molecule has 0 aliphatic carbocycles.